The molecule has 0 aromatic heterocycles. The lowest BCUT2D eigenvalue weighted by molar-refractivity contribution is -0.140. The Hall–Kier alpha value is -1.95. The quantitative estimate of drug-likeness (QED) is 0.549. The third-order valence-corrected chi connectivity index (χ3v) is 4.62. The molecule has 0 fully saturated rings. The number of carboxylic acid groups (broad SMARTS) is 1. The van der Waals surface area contributed by atoms with Crippen LogP contribution in [0.25, 0.3) is 0 Å². The molecule has 28 heavy (non-hydrogen) atoms. The van der Waals surface area contributed by atoms with Gasteiger partial charge in [0.05, 0.1) is 11.6 Å². The van der Waals surface area contributed by atoms with Gasteiger partial charge in [0, 0.05) is 11.6 Å². The van der Waals surface area contributed by atoms with Gasteiger partial charge in [0.25, 0.3) is 0 Å². The van der Waals surface area contributed by atoms with Gasteiger partial charge in [-0.05, 0) is 48.2 Å². The van der Waals surface area contributed by atoms with Crippen LogP contribution in [0.5, 0.6) is 11.5 Å². The molecule has 0 aliphatic heterocycles. The van der Waals surface area contributed by atoms with Crippen molar-refractivity contribution < 1.29 is 19.4 Å². The molecule has 2 N–H and O–H groups in total. The summed E-state index contributed by atoms with van der Waals surface area (Å²) in [7, 11) is 0. The van der Waals surface area contributed by atoms with Crippen LogP contribution >= 0.6 is 23.2 Å². The molecule has 0 spiro atoms. The molecule has 7 heteroatoms. The Morgan fingerprint density at radius 1 is 1.14 bits per heavy atom. The van der Waals surface area contributed by atoms with E-state index in [4.69, 9.17) is 32.7 Å². The predicted octanol–water partition coefficient (Wildman–Crippen LogP) is 5.17. The van der Waals surface area contributed by atoms with E-state index in [1.807, 2.05) is 45.0 Å². The van der Waals surface area contributed by atoms with Crippen molar-refractivity contribution in [2.75, 3.05) is 6.61 Å². The van der Waals surface area contributed by atoms with E-state index in [0.717, 1.165) is 11.1 Å². The van der Waals surface area contributed by atoms with Crippen LogP contribution in [0, 0.1) is 5.92 Å². The lowest BCUT2D eigenvalue weighted by Crippen LogP contribution is -2.40. The maximum absolute atomic E-state index is 11.4. The highest BCUT2D eigenvalue weighted by Gasteiger charge is 2.21. The maximum atomic E-state index is 11.4. The minimum absolute atomic E-state index is 0.0420. The van der Waals surface area contributed by atoms with Crippen LogP contribution in [-0.4, -0.2) is 23.7 Å². The molecule has 0 amide bonds. The zero-order valence-electron chi connectivity index (χ0n) is 16.2. The van der Waals surface area contributed by atoms with Gasteiger partial charge in [-0.1, -0.05) is 49.2 Å². The maximum Gasteiger partial charge on any atom is 0.320 e. The van der Waals surface area contributed by atoms with Crippen molar-refractivity contribution in [3.63, 3.8) is 0 Å². The van der Waals surface area contributed by atoms with Crippen molar-refractivity contribution in [1.29, 1.82) is 0 Å². The minimum Gasteiger partial charge on any atom is -0.490 e. The lowest BCUT2D eigenvalue weighted by atomic mass is 10.0. The first-order valence-corrected chi connectivity index (χ1v) is 9.86. The molecule has 5 nitrogen and oxygen atoms in total. The number of hydrogen-bond donors (Lipinski definition) is 2. The van der Waals surface area contributed by atoms with Gasteiger partial charge in [-0.2, -0.15) is 0 Å². The second-order valence-corrected chi connectivity index (χ2v) is 7.54. The molecule has 0 aliphatic carbocycles. The normalized spacial score (nSPS) is 12.1. The standard InChI is InChI=1S/C21H25Cl2NO4/c1-4-27-18-10-15(11-24-19(13(2)3)21(25)26)9-17(23)20(18)28-12-14-6-5-7-16(22)8-14/h5-10,13,19,24H,4,11-12H2,1-3H3,(H,25,26). The summed E-state index contributed by atoms with van der Waals surface area (Å²) in [6.07, 6.45) is 0. The average molecular weight is 426 g/mol. The van der Waals surface area contributed by atoms with E-state index in [1.54, 1.807) is 12.1 Å². The molecule has 0 radical (unpaired) electrons. The van der Waals surface area contributed by atoms with Crippen LogP contribution in [-0.2, 0) is 17.9 Å². The topological polar surface area (TPSA) is 67.8 Å². The number of rotatable bonds is 10. The van der Waals surface area contributed by atoms with Gasteiger partial charge in [0.1, 0.15) is 12.6 Å². The van der Waals surface area contributed by atoms with Crippen molar-refractivity contribution in [2.45, 2.75) is 40.0 Å². The second kappa shape index (κ2) is 10.6. The summed E-state index contributed by atoms with van der Waals surface area (Å²) < 4.78 is 11.6. The number of nitrogens with one attached hydrogen (secondary N) is 1. The van der Waals surface area contributed by atoms with Crippen LogP contribution in [0.4, 0.5) is 0 Å². The molecule has 2 aromatic carbocycles. The molecule has 1 unspecified atom stereocenters. The zero-order chi connectivity index (χ0) is 20.7. The van der Waals surface area contributed by atoms with E-state index in [2.05, 4.69) is 5.32 Å². The number of ether oxygens (including phenoxy) is 2. The fourth-order valence-corrected chi connectivity index (χ4v) is 3.25. The summed E-state index contributed by atoms with van der Waals surface area (Å²) in [6, 6.07) is 10.3. The van der Waals surface area contributed by atoms with Gasteiger partial charge in [-0.25, -0.2) is 0 Å². The molecule has 2 aromatic rings. The molecule has 0 saturated carbocycles. The number of aliphatic carboxylic acids is 1. The second-order valence-electron chi connectivity index (χ2n) is 6.70. The van der Waals surface area contributed by atoms with Crippen molar-refractivity contribution in [1.82, 2.24) is 5.32 Å². The summed E-state index contributed by atoms with van der Waals surface area (Å²) in [4.78, 5) is 11.4. The highest BCUT2D eigenvalue weighted by atomic mass is 35.5. The Balaban J connectivity index is 2.17. The third-order valence-electron chi connectivity index (χ3n) is 4.10. The van der Waals surface area contributed by atoms with Gasteiger partial charge >= 0.3 is 5.97 Å². The monoisotopic (exact) mass is 425 g/mol. The number of carboxylic acids is 1. The van der Waals surface area contributed by atoms with E-state index in [0.29, 0.717) is 41.3 Å². The first-order valence-electron chi connectivity index (χ1n) is 9.10. The Labute approximate surface area is 175 Å². The van der Waals surface area contributed by atoms with Crippen LogP contribution < -0.4 is 14.8 Å². The van der Waals surface area contributed by atoms with Crippen LogP contribution in [0.3, 0.4) is 0 Å². The average Bonchev–Trinajstić information content (AvgIpc) is 2.61. The van der Waals surface area contributed by atoms with Gasteiger partial charge in [-0.3, -0.25) is 4.79 Å². The molecule has 2 rings (SSSR count). The molecular formula is C21H25Cl2NO4. The molecule has 0 heterocycles. The van der Waals surface area contributed by atoms with Crippen LogP contribution in [0.15, 0.2) is 36.4 Å². The van der Waals surface area contributed by atoms with Crippen LogP contribution in [0.1, 0.15) is 31.9 Å². The highest BCUT2D eigenvalue weighted by molar-refractivity contribution is 6.32. The fourth-order valence-electron chi connectivity index (χ4n) is 2.74. The fraction of sp³-hybridized carbons (Fsp3) is 0.381. The van der Waals surface area contributed by atoms with E-state index in [-0.39, 0.29) is 5.92 Å². The first kappa shape index (κ1) is 22.3. The molecule has 0 saturated heterocycles. The Morgan fingerprint density at radius 2 is 1.89 bits per heavy atom. The van der Waals surface area contributed by atoms with E-state index in [9.17, 15) is 9.90 Å². The molecule has 152 valence electrons. The molecular weight excluding hydrogens is 401 g/mol. The third kappa shape index (κ3) is 6.30. The summed E-state index contributed by atoms with van der Waals surface area (Å²) in [5.41, 5.74) is 1.73. The van der Waals surface area contributed by atoms with Crippen molar-refractivity contribution in [2.24, 2.45) is 5.92 Å². The van der Waals surface area contributed by atoms with Crippen molar-refractivity contribution in [3.8, 4) is 11.5 Å². The van der Waals surface area contributed by atoms with Crippen molar-refractivity contribution >= 4 is 29.2 Å². The summed E-state index contributed by atoms with van der Waals surface area (Å²) in [5.74, 6) is 0.0448. The van der Waals surface area contributed by atoms with Crippen LogP contribution in [0.2, 0.25) is 10.0 Å². The Kier molecular flexibility index (Phi) is 8.42. The Bertz CT molecular complexity index is 811. The zero-order valence-corrected chi connectivity index (χ0v) is 17.7. The summed E-state index contributed by atoms with van der Waals surface area (Å²) in [6.45, 7) is 6.69. The van der Waals surface area contributed by atoms with E-state index in [1.165, 1.54) is 0 Å². The van der Waals surface area contributed by atoms with Gasteiger partial charge in [0.15, 0.2) is 11.5 Å². The predicted molar refractivity (Wildman–Crippen MR) is 112 cm³/mol. The first-order chi connectivity index (χ1) is 13.3. The van der Waals surface area contributed by atoms with Gasteiger partial charge < -0.3 is 19.9 Å². The molecule has 0 bridgehead atoms. The summed E-state index contributed by atoms with van der Waals surface area (Å²) in [5, 5.41) is 13.4. The minimum atomic E-state index is -0.882. The molecule has 1 atom stereocenters. The summed E-state index contributed by atoms with van der Waals surface area (Å²) >= 11 is 12.4. The van der Waals surface area contributed by atoms with Gasteiger partial charge in [0.2, 0.25) is 0 Å². The van der Waals surface area contributed by atoms with Gasteiger partial charge in [-0.15, -0.1) is 0 Å². The smallest absolute Gasteiger partial charge is 0.320 e. The number of benzene rings is 2. The van der Waals surface area contributed by atoms with Crippen molar-refractivity contribution in [3.05, 3.63) is 57.6 Å². The Morgan fingerprint density at radius 3 is 2.50 bits per heavy atom. The largest absolute Gasteiger partial charge is 0.490 e. The SMILES string of the molecule is CCOc1cc(CNC(C(=O)O)C(C)C)cc(Cl)c1OCc1cccc(Cl)c1. The van der Waals surface area contributed by atoms with E-state index >= 15 is 0 Å². The highest BCUT2D eigenvalue weighted by Crippen LogP contribution is 2.37. The number of hydrogen-bond acceptors (Lipinski definition) is 4. The van der Waals surface area contributed by atoms with E-state index < -0.39 is 12.0 Å². The molecule has 0 aliphatic rings. The number of halogens is 2. The lowest BCUT2D eigenvalue weighted by Gasteiger charge is -2.19. The number of carbonyl (C=O) groups is 1.